The smallest absolute Gasteiger partial charge is 0.234 e. The molecular weight excluding hydrogens is 412 g/mol. The molecule has 2 atom stereocenters. The Labute approximate surface area is 186 Å². The molecule has 2 aromatic carbocycles. The maximum atomic E-state index is 12.3. The van der Waals surface area contributed by atoms with Crippen molar-refractivity contribution in [3.05, 3.63) is 65.2 Å². The van der Waals surface area contributed by atoms with E-state index in [1.165, 1.54) is 11.8 Å². The summed E-state index contributed by atoms with van der Waals surface area (Å²) in [4.78, 5) is 36.7. The highest BCUT2D eigenvalue weighted by atomic mass is 32.2. The van der Waals surface area contributed by atoms with Crippen molar-refractivity contribution in [2.45, 2.75) is 44.8 Å². The lowest BCUT2D eigenvalue weighted by Crippen LogP contribution is -2.56. The van der Waals surface area contributed by atoms with Gasteiger partial charge in [-0.25, -0.2) is 0 Å². The normalized spacial score (nSPS) is 18.2. The molecule has 0 aromatic heterocycles. The van der Waals surface area contributed by atoms with Crippen LogP contribution in [-0.4, -0.2) is 35.0 Å². The van der Waals surface area contributed by atoms with Crippen molar-refractivity contribution in [2.75, 3.05) is 11.1 Å². The van der Waals surface area contributed by atoms with Gasteiger partial charge in [0.1, 0.15) is 5.50 Å². The average Bonchev–Trinajstić information content (AvgIpc) is 2.74. The topological polar surface area (TPSA) is 99.3 Å². The molecule has 1 aliphatic rings. The van der Waals surface area contributed by atoms with Crippen LogP contribution in [0.5, 0.6) is 0 Å². The molecule has 0 spiro atoms. The number of amides is 3. The number of rotatable bonds is 8. The number of carbonyl (C=O) groups excluding carboxylic acids is 3. The van der Waals surface area contributed by atoms with Crippen LogP contribution in [0.2, 0.25) is 0 Å². The van der Waals surface area contributed by atoms with Gasteiger partial charge in [-0.2, -0.15) is 0 Å². The SMILES string of the molecule is Cc1cccc(NC(=O)CSC2NC(=O)CC(CC(=O)NCc3ccccc3)N2)c1C. The number of hydrogen-bond donors (Lipinski definition) is 4. The van der Waals surface area contributed by atoms with Crippen LogP contribution in [0.3, 0.4) is 0 Å². The van der Waals surface area contributed by atoms with Crippen molar-refractivity contribution in [2.24, 2.45) is 0 Å². The summed E-state index contributed by atoms with van der Waals surface area (Å²) < 4.78 is 0. The first-order valence-corrected chi connectivity index (χ1v) is 11.3. The van der Waals surface area contributed by atoms with E-state index in [1.807, 2.05) is 62.4 Å². The molecule has 164 valence electrons. The van der Waals surface area contributed by atoms with E-state index in [4.69, 9.17) is 0 Å². The Morgan fingerprint density at radius 2 is 1.84 bits per heavy atom. The van der Waals surface area contributed by atoms with E-state index in [-0.39, 0.29) is 42.4 Å². The third-order valence-electron chi connectivity index (χ3n) is 5.14. The minimum Gasteiger partial charge on any atom is -0.352 e. The average molecular weight is 441 g/mol. The molecule has 0 saturated carbocycles. The number of nitrogens with one attached hydrogen (secondary N) is 4. The van der Waals surface area contributed by atoms with Gasteiger partial charge in [0, 0.05) is 31.1 Å². The van der Waals surface area contributed by atoms with Gasteiger partial charge >= 0.3 is 0 Å². The van der Waals surface area contributed by atoms with Gasteiger partial charge in [0.2, 0.25) is 17.7 Å². The molecule has 31 heavy (non-hydrogen) atoms. The second-order valence-electron chi connectivity index (χ2n) is 7.59. The van der Waals surface area contributed by atoms with E-state index in [2.05, 4.69) is 21.3 Å². The molecule has 1 heterocycles. The van der Waals surface area contributed by atoms with Crippen LogP contribution >= 0.6 is 11.8 Å². The van der Waals surface area contributed by atoms with Crippen LogP contribution in [0, 0.1) is 13.8 Å². The number of aryl methyl sites for hydroxylation is 1. The van der Waals surface area contributed by atoms with Gasteiger partial charge in [-0.3, -0.25) is 19.7 Å². The van der Waals surface area contributed by atoms with Gasteiger partial charge in [0.15, 0.2) is 0 Å². The molecule has 8 heteroatoms. The Hall–Kier alpha value is -2.84. The Balaban J connectivity index is 1.44. The first-order valence-electron chi connectivity index (χ1n) is 10.2. The highest BCUT2D eigenvalue weighted by molar-refractivity contribution is 8.00. The molecule has 3 amide bonds. The zero-order valence-electron chi connectivity index (χ0n) is 17.7. The van der Waals surface area contributed by atoms with Crippen LogP contribution in [0.1, 0.15) is 29.5 Å². The van der Waals surface area contributed by atoms with Gasteiger partial charge in [0.05, 0.1) is 5.75 Å². The zero-order valence-corrected chi connectivity index (χ0v) is 18.6. The van der Waals surface area contributed by atoms with Crippen molar-refractivity contribution < 1.29 is 14.4 Å². The van der Waals surface area contributed by atoms with Crippen molar-refractivity contribution in [3.8, 4) is 0 Å². The summed E-state index contributed by atoms with van der Waals surface area (Å²) in [7, 11) is 0. The van der Waals surface area contributed by atoms with Gasteiger partial charge < -0.3 is 16.0 Å². The molecule has 0 radical (unpaired) electrons. The molecule has 2 unspecified atom stereocenters. The van der Waals surface area contributed by atoms with Crippen LogP contribution < -0.4 is 21.3 Å². The van der Waals surface area contributed by atoms with E-state index in [0.717, 1.165) is 22.4 Å². The Morgan fingerprint density at radius 1 is 1.06 bits per heavy atom. The largest absolute Gasteiger partial charge is 0.352 e. The number of carbonyl (C=O) groups is 3. The van der Waals surface area contributed by atoms with Gasteiger partial charge in [0.25, 0.3) is 0 Å². The summed E-state index contributed by atoms with van der Waals surface area (Å²) in [5, 5.41) is 11.9. The van der Waals surface area contributed by atoms with Crippen LogP contribution in [-0.2, 0) is 20.9 Å². The molecular formula is C23H28N4O3S. The standard InChI is InChI=1S/C23H28N4O3S/c1-15-7-6-10-19(16(15)2)26-22(30)14-31-23-25-18(12-21(29)27-23)11-20(28)24-13-17-8-4-3-5-9-17/h3-10,18,23,25H,11-14H2,1-2H3,(H,24,28)(H,26,30)(H,27,29). The number of benzene rings is 2. The fraction of sp³-hybridized carbons (Fsp3) is 0.348. The van der Waals surface area contributed by atoms with E-state index in [9.17, 15) is 14.4 Å². The summed E-state index contributed by atoms with van der Waals surface area (Å²) in [6.07, 6.45) is 0.427. The number of thioether (sulfide) groups is 1. The molecule has 4 N–H and O–H groups in total. The summed E-state index contributed by atoms with van der Waals surface area (Å²) in [5.41, 5.74) is 3.54. The van der Waals surface area contributed by atoms with E-state index in [1.54, 1.807) is 0 Å². The quantitative estimate of drug-likeness (QED) is 0.505. The summed E-state index contributed by atoms with van der Waals surface area (Å²) in [6, 6.07) is 15.2. The second-order valence-corrected chi connectivity index (χ2v) is 8.68. The first-order chi connectivity index (χ1) is 14.9. The highest BCUT2D eigenvalue weighted by Gasteiger charge is 2.28. The highest BCUT2D eigenvalue weighted by Crippen LogP contribution is 2.19. The first kappa shape index (κ1) is 22.8. The third kappa shape index (κ3) is 7.11. The molecule has 2 aromatic rings. The molecule has 1 saturated heterocycles. The molecule has 7 nitrogen and oxygen atoms in total. The zero-order chi connectivity index (χ0) is 22.2. The summed E-state index contributed by atoms with van der Waals surface area (Å²) in [6.45, 7) is 4.42. The van der Waals surface area contributed by atoms with Gasteiger partial charge in [-0.1, -0.05) is 42.5 Å². The lowest BCUT2D eigenvalue weighted by atomic mass is 10.1. The third-order valence-corrected chi connectivity index (χ3v) is 6.15. The lowest BCUT2D eigenvalue weighted by Gasteiger charge is -2.30. The van der Waals surface area contributed by atoms with Crippen LogP contribution in [0.15, 0.2) is 48.5 Å². The fourth-order valence-corrected chi connectivity index (χ4v) is 4.18. The molecule has 0 bridgehead atoms. The fourth-order valence-electron chi connectivity index (χ4n) is 3.29. The van der Waals surface area contributed by atoms with E-state index in [0.29, 0.717) is 6.54 Å². The second kappa shape index (κ2) is 11.0. The Kier molecular flexibility index (Phi) is 8.08. The number of anilines is 1. The van der Waals surface area contributed by atoms with Crippen LogP contribution in [0.4, 0.5) is 5.69 Å². The van der Waals surface area contributed by atoms with Gasteiger partial charge in [-0.15, -0.1) is 11.8 Å². The minimum atomic E-state index is -0.419. The predicted molar refractivity (Wildman–Crippen MR) is 123 cm³/mol. The van der Waals surface area contributed by atoms with E-state index >= 15 is 0 Å². The van der Waals surface area contributed by atoms with E-state index < -0.39 is 5.50 Å². The molecule has 0 aliphatic carbocycles. The monoisotopic (exact) mass is 440 g/mol. The minimum absolute atomic E-state index is 0.118. The Morgan fingerprint density at radius 3 is 2.61 bits per heavy atom. The van der Waals surface area contributed by atoms with Gasteiger partial charge in [-0.05, 0) is 36.6 Å². The van der Waals surface area contributed by atoms with Crippen molar-refractivity contribution >= 4 is 35.2 Å². The number of hydrogen-bond acceptors (Lipinski definition) is 5. The predicted octanol–water partition coefficient (Wildman–Crippen LogP) is 2.44. The van der Waals surface area contributed by atoms with Crippen molar-refractivity contribution in [1.29, 1.82) is 0 Å². The summed E-state index contributed by atoms with van der Waals surface area (Å²) >= 11 is 1.29. The maximum absolute atomic E-state index is 12.3. The van der Waals surface area contributed by atoms with Crippen molar-refractivity contribution in [1.82, 2.24) is 16.0 Å². The molecule has 1 aliphatic heterocycles. The molecule has 3 rings (SSSR count). The summed E-state index contributed by atoms with van der Waals surface area (Å²) in [5.74, 6) is -0.213. The molecule has 1 fully saturated rings. The maximum Gasteiger partial charge on any atom is 0.234 e. The van der Waals surface area contributed by atoms with Crippen molar-refractivity contribution in [3.63, 3.8) is 0 Å². The Bertz CT molecular complexity index is 936. The lowest BCUT2D eigenvalue weighted by molar-refractivity contribution is -0.125. The van der Waals surface area contributed by atoms with Crippen LogP contribution in [0.25, 0.3) is 0 Å².